The van der Waals surface area contributed by atoms with E-state index in [0.717, 1.165) is 70.0 Å². The van der Waals surface area contributed by atoms with Crippen LogP contribution >= 0.6 is 91.3 Å². The maximum Gasteiger partial charge on any atom is 1.00 e. The molecule has 0 bridgehead atoms. The van der Waals surface area contributed by atoms with Gasteiger partial charge >= 0.3 is 29.6 Å². The molecule has 0 saturated carbocycles. The largest absolute Gasteiger partial charge is 1.00 e. The average Bonchev–Trinajstić information content (AvgIpc) is 1.65. The molecule has 12 rings (SSSR count). The summed E-state index contributed by atoms with van der Waals surface area (Å²) in [5.74, 6) is -1.21. The number of nitrogens with two attached hydrogens (primary N) is 1. The van der Waals surface area contributed by atoms with Crippen molar-refractivity contribution in [2.24, 2.45) is 0 Å². The molecule has 472 valence electrons. The van der Waals surface area contributed by atoms with E-state index >= 15 is 0 Å². The minimum Gasteiger partial charge on any atom is -0.550 e. The summed E-state index contributed by atoms with van der Waals surface area (Å²) >= 11 is 21.8. The van der Waals surface area contributed by atoms with E-state index in [0.29, 0.717) is 21.3 Å². The van der Waals surface area contributed by atoms with Gasteiger partial charge in [0.1, 0.15) is 12.0 Å². The molecule has 0 aliphatic carbocycles. The van der Waals surface area contributed by atoms with Crippen LogP contribution in [0.3, 0.4) is 0 Å². The second-order valence-electron chi connectivity index (χ2n) is 18.5. The fraction of sp³-hybridized carbons (Fsp3) is 0.0141. The van der Waals surface area contributed by atoms with Gasteiger partial charge in [-0.3, -0.25) is 34.4 Å². The number of carboxylic acids is 1. The minimum atomic E-state index is -1.08. The molecule has 0 aliphatic rings. The van der Waals surface area contributed by atoms with Crippen molar-refractivity contribution in [3.05, 3.63) is 351 Å². The number of nitrogen functional groups attached to an aromatic ring is 1. The zero-order chi connectivity index (χ0) is 67.3. The normalized spacial score (nSPS) is 9.52. The number of amides is 1. The number of halogens is 6. The van der Waals surface area contributed by atoms with E-state index in [1.165, 1.54) is 12.1 Å². The molecule has 94 heavy (non-hydrogen) atoms. The molecule has 0 aliphatic heterocycles. The van der Waals surface area contributed by atoms with E-state index in [1.54, 1.807) is 72.8 Å². The van der Waals surface area contributed by atoms with Crippen LogP contribution in [0.25, 0.3) is 16.7 Å². The molecule has 0 unspecified atom stereocenters. The molecule has 5 N–H and O–H groups in total. The van der Waals surface area contributed by atoms with Gasteiger partial charge in [0.15, 0.2) is 0 Å². The Balaban J connectivity index is 0.000000240. The molecule has 1 aromatic heterocycles. The number of carboxylic acid groups (broad SMARTS) is 1. The number of benzene rings is 11. The van der Waals surface area contributed by atoms with Crippen LogP contribution in [0.4, 0.5) is 45.5 Å². The fourth-order valence-corrected chi connectivity index (χ4v) is 9.68. The Morgan fingerprint density at radius 3 is 1.33 bits per heavy atom. The number of carbonyl (C=O) groups excluding carboxylic acids is 3. The Hall–Kier alpha value is -8.61. The molecule has 0 saturated heterocycles. The van der Waals surface area contributed by atoms with Crippen molar-refractivity contribution >= 4 is 165 Å². The maximum absolute atomic E-state index is 12.3. The first-order chi connectivity index (χ1) is 44.8. The van der Waals surface area contributed by atoms with Crippen LogP contribution in [-0.2, 0) is 4.79 Å². The molecule has 0 radical (unpaired) electrons. The zero-order valence-corrected chi connectivity index (χ0v) is 60.9. The number of para-hydroxylation sites is 7. The molecule has 1 amide bonds. The van der Waals surface area contributed by atoms with Crippen molar-refractivity contribution in [2.75, 3.05) is 21.7 Å². The Morgan fingerprint density at radius 2 is 0.872 bits per heavy atom. The summed E-state index contributed by atoms with van der Waals surface area (Å²) in [5, 5.41) is 38.8. The number of hydrogen-bond acceptors (Lipinski definition) is 12. The Morgan fingerprint density at radius 1 is 0.468 bits per heavy atom. The molecule has 0 atom stereocenters. The number of anilines is 6. The van der Waals surface area contributed by atoms with Gasteiger partial charge in [-0.15, -0.1) is 0 Å². The second-order valence-corrected chi connectivity index (χ2v) is 23.4. The topological polar surface area (TPSA) is 240 Å². The molecule has 1 heterocycles. The minimum absolute atomic E-state index is 0. The molecule has 16 nitrogen and oxygen atoms in total. The van der Waals surface area contributed by atoms with Crippen LogP contribution in [0.5, 0.6) is 0 Å². The van der Waals surface area contributed by atoms with E-state index in [4.69, 9.17) is 27.2 Å². The Kier molecular flexibility index (Phi) is 35.9. The van der Waals surface area contributed by atoms with Gasteiger partial charge < -0.3 is 31.6 Å². The summed E-state index contributed by atoms with van der Waals surface area (Å²) in [6.45, 7) is 0.972. The van der Waals surface area contributed by atoms with Gasteiger partial charge in [-0.25, -0.2) is 4.98 Å². The predicted octanol–water partition coefficient (Wildman–Crippen LogP) is 17.2. The van der Waals surface area contributed by atoms with Gasteiger partial charge in [-0.1, -0.05) is 221 Å². The molecular formula is C71H57Br5ClN8NaO8. The number of aromatic nitrogens is 2. The van der Waals surface area contributed by atoms with Crippen LogP contribution in [0.1, 0.15) is 27.6 Å². The van der Waals surface area contributed by atoms with E-state index in [2.05, 4.69) is 123 Å². The summed E-state index contributed by atoms with van der Waals surface area (Å²) in [6, 6.07) is 89.7. The number of carbonyl (C=O) groups is 3. The number of fused-ring (bicyclic) bond motifs is 1. The van der Waals surface area contributed by atoms with E-state index in [1.807, 2.05) is 194 Å². The van der Waals surface area contributed by atoms with E-state index in [9.17, 15) is 29.8 Å². The Bertz CT molecular complexity index is 4270. The summed E-state index contributed by atoms with van der Waals surface area (Å²) < 4.78 is 6.61. The third kappa shape index (κ3) is 29.6. The summed E-state index contributed by atoms with van der Waals surface area (Å²) in [4.78, 5) is 56.2. The Labute approximate surface area is 612 Å². The number of aliphatic carboxylic acids is 1. The van der Waals surface area contributed by atoms with Crippen molar-refractivity contribution in [2.45, 2.75) is 6.92 Å². The average molecular weight is 1610 g/mol. The van der Waals surface area contributed by atoms with Gasteiger partial charge in [-0.2, -0.15) is 0 Å². The predicted molar refractivity (Wildman–Crippen MR) is 391 cm³/mol. The molecule has 0 fully saturated rings. The van der Waals surface area contributed by atoms with Crippen LogP contribution in [0.2, 0.25) is 0 Å². The number of hydrogen-bond donors (Lipinski definition) is 4. The number of nitro groups is 2. The fourth-order valence-electron chi connectivity index (χ4n) is 7.52. The van der Waals surface area contributed by atoms with Crippen LogP contribution in [-0.4, -0.2) is 36.5 Å². The summed E-state index contributed by atoms with van der Waals surface area (Å²) in [7, 11) is 0. The number of imidazole rings is 1. The van der Waals surface area contributed by atoms with Crippen molar-refractivity contribution in [3.63, 3.8) is 0 Å². The molecule has 12 aromatic rings. The van der Waals surface area contributed by atoms with Crippen LogP contribution in [0.15, 0.2) is 320 Å². The number of nitrogens with one attached hydrogen (secondary N) is 3. The standard InChI is InChI=1S/C19H15BrN2O.C13H9BrN2.C12H9BrN2O2.C7H5ClO.C6H4BrNO2.C6H6BrN.C6H6.C2H4O2.Na/c20-15-9-6-10-16(13-15)21-17-11-4-5-12-18(17)22-19(23)14-7-2-1-3-8-14;14-10-4-3-5-11(8-10)16-9-15-12-6-1-2-7-13(12)16;13-9-4-3-5-10(8-9)14-11-6-1-2-7-12(11)15(16)17;8-7(9)6-4-2-1-3-5-6;7-5-3-1-2-4-6(5)8(9)10;7-5-2-1-3-6(8)4-5;1-2-4-6-5-3-1;1-2(3)4;/h1-13,21H,(H,22,23);1-9H;1-8,14H;1-5H;1-4H;1-4H,8H2;1-6H;1H3,(H,3,4);/q;;;;;;;;+1/p-1. The zero-order valence-electron chi connectivity index (χ0n) is 50.2. The molecular weight excluding hydrogens is 1550 g/mol. The number of nitro benzene ring substituents is 2. The van der Waals surface area contributed by atoms with Crippen molar-refractivity contribution in [1.82, 2.24) is 9.55 Å². The summed E-state index contributed by atoms with van der Waals surface area (Å²) in [5.41, 5.74) is 14.6. The summed E-state index contributed by atoms with van der Waals surface area (Å²) in [6.07, 6.45) is 1.85. The van der Waals surface area contributed by atoms with Crippen molar-refractivity contribution < 1.29 is 58.9 Å². The smallest absolute Gasteiger partial charge is 0.550 e. The van der Waals surface area contributed by atoms with Gasteiger partial charge in [0.2, 0.25) is 0 Å². The van der Waals surface area contributed by atoms with Crippen LogP contribution in [0, 0.1) is 20.2 Å². The second kappa shape index (κ2) is 43.3. The SMILES string of the molecule is Brc1cccc(-n2cnc3ccccc32)c1.CC(=O)[O-].Nc1cccc(Br)c1.O=C(Cl)c1ccccc1.O=C(Nc1ccccc1Nc1cccc(Br)c1)c1ccccc1.O=[N+]([O-])c1ccccc1Br.O=[N+]([O-])c1ccccc1Nc1cccc(Br)c1.[Na+].c1ccccc1. The van der Waals surface area contributed by atoms with Crippen molar-refractivity contribution in [1.29, 1.82) is 0 Å². The number of nitrogens with zero attached hydrogens (tertiary/aromatic N) is 4. The molecule has 0 spiro atoms. The monoisotopic (exact) mass is 1600 g/mol. The first-order valence-electron chi connectivity index (χ1n) is 27.5. The number of rotatable bonds is 10. The van der Waals surface area contributed by atoms with Gasteiger partial charge in [0.25, 0.3) is 22.5 Å². The first-order valence-corrected chi connectivity index (χ1v) is 31.9. The van der Waals surface area contributed by atoms with Gasteiger partial charge in [0, 0.05) is 69.9 Å². The first kappa shape index (κ1) is 77.8. The van der Waals surface area contributed by atoms with E-state index in [-0.39, 0.29) is 46.8 Å². The third-order valence-corrected chi connectivity index (χ3v) is 14.5. The third-order valence-electron chi connectivity index (χ3n) is 11.6. The molecule has 23 heteroatoms. The van der Waals surface area contributed by atoms with Crippen LogP contribution < -0.4 is 56.3 Å². The molecule has 11 aromatic carbocycles. The van der Waals surface area contributed by atoms with Gasteiger partial charge in [0.05, 0.1) is 36.7 Å². The maximum atomic E-state index is 12.3. The van der Waals surface area contributed by atoms with Gasteiger partial charge in [-0.05, 0) is 156 Å². The quantitative estimate of drug-likeness (QED) is 0.0329. The van der Waals surface area contributed by atoms with E-state index < -0.39 is 21.1 Å². The van der Waals surface area contributed by atoms with Crippen molar-refractivity contribution in [3.8, 4) is 5.69 Å².